The Balaban J connectivity index is 1.38. The quantitative estimate of drug-likeness (QED) is 0.248. The molecule has 1 aliphatic carbocycles. The van der Waals surface area contributed by atoms with E-state index in [-0.39, 0.29) is 5.91 Å². The van der Waals surface area contributed by atoms with Crippen molar-refractivity contribution in [3.05, 3.63) is 86.8 Å². The second-order valence-electron chi connectivity index (χ2n) is 7.61. The van der Waals surface area contributed by atoms with Gasteiger partial charge < -0.3 is 14.2 Å². The second-order valence-corrected chi connectivity index (χ2v) is 10.6. The number of carbonyl (C=O) groups excluding carboxylic acids is 1. The molecule has 5 nitrogen and oxygen atoms in total. The zero-order valence-corrected chi connectivity index (χ0v) is 20.9. The third kappa shape index (κ3) is 5.18. The summed E-state index contributed by atoms with van der Waals surface area (Å²) in [6, 6.07) is 15.6. The van der Waals surface area contributed by atoms with Crippen molar-refractivity contribution < 1.29 is 13.6 Å². The Morgan fingerprint density at radius 1 is 1.18 bits per heavy atom. The Labute approximate surface area is 208 Å². The van der Waals surface area contributed by atoms with Gasteiger partial charge in [0.1, 0.15) is 16.5 Å². The van der Waals surface area contributed by atoms with Crippen molar-refractivity contribution in [1.82, 2.24) is 5.32 Å². The minimum Gasteiger partial charge on any atom is -0.467 e. The molecule has 1 amide bonds. The van der Waals surface area contributed by atoms with E-state index in [9.17, 15) is 4.79 Å². The summed E-state index contributed by atoms with van der Waals surface area (Å²) in [5.41, 5.74) is 1.82. The molecule has 4 aromatic rings. The second kappa shape index (κ2) is 10.2. The van der Waals surface area contributed by atoms with Crippen molar-refractivity contribution in [2.75, 3.05) is 0 Å². The predicted octanol–water partition coefficient (Wildman–Crippen LogP) is 7.41. The minimum atomic E-state index is -0.112. The lowest BCUT2D eigenvalue weighted by Gasteiger charge is -2.12. The third-order valence-electron chi connectivity index (χ3n) is 5.32. The first-order chi connectivity index (χ1) is 16.2. The molecule has 33 heavy (non-hydrogen) atoms. The lowest BCUT2D eigenvalue weighted by Crippen LogP contribution is -2.23. The molecule has 8 heteroatoms. The minimum absolute atomic E-state index is 0.112. The van der Waals surface area contributed by atoms with E-state index in [1.54, 1.807) is 35.6 Å². The molecular formula is C25H21BrN2O3S2. The average molecular weight is 541 g/mol. The number of aliphatic imine (C=N–C) groups is 1. The molecule has 0 bridgehead atoms. The summed E-state index contributed by atoms with van der Waals surface area (Å²) in [5.74, 6) is 1.24. The lowest BCUT2D eigenvalue weighted by molar-refractivity contribution is 0.0948. The van der Waals surface area contributed by atoms with Crippen molar-refractivity contribution in [1.29, 1.82) is 0 Å². The molecule has 5 rings (SSSR count). The highest BCUT2D eigenvalue weighted by atomic mass is 79.9. The number of amides is 1. The molecule has 3 heterocycles. The number of fused-ring (bicyclic) bond motifs is 1. The van der Waals surface area contributed by atoms with Crippen LogP contribution in [0.5, 0.6) is 0 Å². The molecule has 1 aliphatic rings. The van der Waals surface area contributed by atoms with Gasteiger partial charge in [0, 0.05) is 15.8 Å². The smallest absolute Gasteiger partial charge is 0.255 e. The van der Waals surface area contributed by atoms with E-state index < -0.39 is 0 Å². The van der Waals surface area contributed by atoms with Crippen LogP contribution in [-0.2, 0) is 19.4 Å². The Morgan fingerprint density at radius 2 is 2.03 bits per heavy atom. The first-order valence-corrected chi connectivity index (χ1v) is 13.1. The summed E-state index contributed by atoms with van der Waals surface area (Å²) >= 11 is 6.73. The highest BCUT2D eigenvalue weighted by Gasteiger charge is 2.25. The number of nitrogens with one attached hydrogen (secondary N) is 1. The molecule has 1 aromatic carbocycles. The van der Waals surface area contributed by atoms with E-state index in [1.807, 2.05) is 48.5 Å². The fraction of sp³-hybridized carbons (Fsp3) is 0.200. The van der Waals surface area contributed by atoms with Crippen molar-refractivity contribution in [2.45, 2.75) is 42.2 Å². The van der Waals surface area contributed by atoms with E-state index in [0.29, 0.717) is 17.9 Å². The van der Waals surface area contributed by atoms with Crippen LogP contribution in [0.4, 0.5) is 5.00 Å². The monoisotopic (exact) mass is 540 g/mol. The van der Waals surface area contributed by atoms with Gasteiger partial charge in [0.15, 0.2) is 5.09 Å². The van der Waals surface area contributed by atoms with Crippen molar-refractivity contribution in [3.63, 3.8) is 0 Å². The van der Waals surface area contributed by atoms with E-state index in [0.717, 1.165) is 56.5 Å². The average Bonchev–Trinajstić information content (AvgIpc) is 3.56. The number of rotatable bonds is 7. The maximum absolute atomic E-state index is 13.1. The molecule has 0 aliphatic heterocycles. The molecule has 1 N–H and O–H groups in total. The van der Waals surface area contributed by atoms with E-state index >= 15 is 0 Å². The Kier molecular flexibility index (Phi) is 6.85. The number of benzene rings is 1. The van der Waals surface area contributed by atoms with Crippen molar-refractivity contribution >= 4 is 56.2 Å². The number of carbonyl (C=O) groups is 1. The van der Waals surface area contributed by atoms with Crippen LogP contribution in [0.15, 0.2) is 83.1 Å². The van der Waals surface area contributed by atoms with Crippen LogP contribution in [-0.4, -0.2) is 12.1 Å². The zero-order valence-electron chi connectivity index (χ0n) is 17.7. The molecule has 0 spiro atoms. The number of hydrogen-bond acceptors (Lipinski definition) is 6. The van der Waals surface area contributed by atoms with Gasteiger partial charge >= 0.3 is 0 Å². The maximum Gasteiger partial charge on any atom is 0.255 e. The van der Waals surface area contributed by atoms with Gasteiger partial charge in [0.05, 0.1) is 29.1 Å². The standard InChI is InChI=1S/C25H21BrN2O3S2/c26-20-13-17(31-25(20)32-18-8-2-1-3-9-18)15-28-24-22(19-10-4-5-11-21(19)33-24)23(29)27-14-16-7-6-12-30-16/h1-3,6-9,12-13,15H,4-5,10-11,14H2,(H,27,29). The number of nitrogens with zero attached hydrogens (tertiary/aromatic N) is 1. The molecule has 168 valence electrons. The SMILES string of the molecule is O=C(NCc1ccco1)c1c(N=Cc2cc(Br)c(Sc3ccccc3)o2)sc2c1CCCC2. The largest absolute Gasteiger partial charge is 0.467 e. The van der Waals surface area contributed by atoms with Gasteiger partial charge in [-0.25, -0.2) is 4.99 Å². The normalized spacial score (nSPS) is 13.4. The topological polar surface area (TPSA) is 67.7 Å². The van der Waals surface area contributed by atoms with Gasteiger partial charge in [-0.1, -0.05) is 30.0 Å². The fourth-order valence-corrected chi connectivity index (χ4v) is 6.35. The zero-order chi connectivity index (χ0) is 22.6. The predicted molar refractivity (Wildman–Crippen MR) is 135 cm³/mol. The van der Waals surface area contributed by atoms with Crippen LogP contribution in [0.25, 0.3) is 0 Å². The van der Waals surface area contributed by atoms with Gasteiger partial charge in [0.25, 0.3) is 5.91 Å². The lowest BCUT2D eigenvalue weighted by atomic mass is 9.95. The molecule has 0 saturated heterocycles. The van der Waals surface area contributed by atoms with Crippen LogP contribution in [0, 0.1) is 0 Å². The third-order valence-corrected chi connectivity index (χ3v) is 8.37. The van der Waals surface area contributed by atoms with E-state index in [1.165, 1.54) is 4.88 Å². The van der Waals surface area contributed by atoms with Gasteiger partial charge in [0.2, 0.25) is 0 Å². The number of halogens is 1. The molecular weight excluding hydrogens is 520 g/mol. The van der Waals surface area contributed by atoms with E-state index in [4.69, 9.17) is 13.8 Å². The van der Waals surface area contributed by atoms with Crippen molar-refractivity contribution in [2.24, 2.45) is 4.99 Å². The molecule has 0 unspecified atom stereocenters. The molecule has 3 aromatic heterocycles. The number of furan rings is 2. The fourth-order valence-electron chi connectivity index (χ4n) is 3.77. The summed E-state index contributed by atoms with van der Waals surface area (Å²) in [4.78, 5) is 20.2. The van der Waals surface area contributed by atoms with Gasteiger partial charge in [-0.05, 0) is 71.4 Å². The number of aryl methyl sites for hydroxylation is 1. The Morgan fingerprint density at radius 3 is 2.85 bits per heavy atom. The summed E-state index contributed by atoms with van der Waals surface area (Å²) in [7, 11) is 0. The van der Waals surface area contributed by atoms with Crippen LogP contribution in [0.1, 0.15) is 45.2 Å². The summed E-state index contributed by atoms with van der Waals surface area (Å²) in [5, 5.41) is 4.48. The van der Waals surface area contributed by atoms with Gasteiger partial charge in [-0.2, -0.15) is 0 Å². The first-order valence-electron chi connectivity index (χ1n) is 10.7. The van der Waals surface area contributed by atoms with Gasteiger partial charge in [-0.3, -0.25) is 4.79 Å². The Bertz CT molecular complexity index is 1280. The molecule has 0 atom stereocenters. The Hall–Kier alpha value is -2.55. The summed E-state index contributed by atoms with van der Waals surface area (Å²) in [6.07, 6.45) is 7.45. The molecule has 0 saturated carbocycles. The summed E-state index contributed by atoms with van der Waals surface area (Å²) < 4.78 is 12.2. The van der Waals surface area contributed by atoms with E-state index in [2.05, 4.69) is 21.2 Å². The highest BCUT2D eigenvalue weighted by Crippen LogP contribution is 2.40. The number of hydrogen-bond donors (Lipinski definition) is 1. The molecule has 0 fully saturated rings. The number of thiophene rings is 1. The van der Waals surface area contributed by atoms with Crippen LogP contribution in [0.3, 0.4) is 0 Å². The van der Waals surface area contributed by atoms with Gasteiger partial charge in [-0.15, -0.1) is 11.3 Å². The highest BCUT2D eigenvalue weighted by molar-refractivity contribution is 9.10. The van der Waals surface area contributed by atoms with Crippen LogP contribution in [0.2, 0.25) is 0 Å². The van der Waals surface area contributed by atoms with Crippen LogP contribution >= 0.6 is 39.0 Å². The summed E-state index contributed by atoms with van der Waals surface area (Å²) in [6.45, 7) is 0.352. The maximum atomic E-state index is 13.1. The molecule has 0 radical (unpaired) electrons. The van der Waals surface area contributed by atoms with Crippen molar-refractivity contribution in [3.8, 4) is 0 Å². The van der Waals surface area contributed by atoms with Crippen LogP contribution < -0.4 is 5.32 Å². The first kappa shape index (κ1) is 22.3.